The van der Waals surface area contributed by atoms with Gasteiger partial charge in [0.15, 0.2) is 0 Å². The van der Waals surface area contributed by atoms with Crippen LogP contribution in [0, 0.1) is 0 Å². The first-order valence-electron chi connectivity index (χ1n) is 8.32. The van der Waals surface area contributed by atoms with E-state index in [2.05, 4.69) is 22.5 Å². The van der Waals surface area contributed by atoms with E-state index in [1.54, 1.807) is 18.2 Å². The molecule has 0 amide bonds. The zero-order valence-corrected chi connectivity index (χ0v) is 13.7. The van der Waals surface area contributed by atoms with Crippen molar-refractivity contribution in [1.82, 2.24) is 14.5 Å². The Balaban J connectivity index is 1.70. The summed E-state index contributed by atoms with van der Waals surface area (Å²) >= 11 is 0. The molecule has 0 bridgehead atoms. The van der Waals surface area contributed by atoms with Crippen molar-refractivity contribution in [2.24, 2.45) is 0 Å². The fourth-order valence-corrected chi connectivity index (χ4v) is 3.35. The first-order chi connectivity index (χ1) is 11.6. The molecule has 2 aliphatic heterocycles. The van der Waals surface area contributed by atoms with Crippen LogP contribution in [0.25, 0.3) is 11.0 Å². The number of rotatable bonds is 5. The molecule has 2 aliphatic rings. The first kappa shape index (κ1) is 15.4. The van der Waals surface area contributed by atoms with Crippen LogP contribution in [0.3, 0.4) is 0 Å². The number of aromatic nitrogens is 2. The summed E-state index contributed by atoms with van der Waals surface area (Å²) in [6, 6.07) is 5.14. The molecule has 1 aromatic carbocycles. The molecule has 126 valence electrons. The number of fused-ring (bicyclic) bond motifs is 1. The van der Waals surface area contributed by atoms with Crippen molar-refractivity contribution in [3.05, 3.63) is 41.2 Å². The lowest BCUT2D eigenvalue weighted by Gasteiger charge is -2.28. The molecule has 1 unspecified atom stereocenters. The van der Waals surface area contributed by atoms with E-state index in [9.17, 15) is 9.90 Å². The molecule has 0 radical (unpaired) electrons. The maximum Gasteiger partial charge on any atom is 0.335 e. The number of carboxylic acid groups (broad SMARTS) is 1. The molecule has 0 spiro atoms. The Morgan fingerprint density at radius 3 is 2.92 bits per heavy atom. The van der Waals surface area contributed by atoms with E-state index in [1.807, 2.05) is 0 Å². The van der Waals surface area contributed by atoms with E-state index in [0.29, 0.717) is 5.56 Å². The van der Waals surface area contributed by atoms with Gasteiger partial charge in [0.2, 0.25) is 0 Å². The van der Waals surface area contributed by atoms with Gasteiger partial charge in [-0.15, -0.1) is 0 Å². The van der Waals surface area contributed by atoms with Crippen molar-refractivity contribution < 1.29 is 14.6 Å². The Morgan fingerprint density at radius 2 is 2.29 bits per heavy atom. The van der Waals surface area contributed by atoms with Crippen LogP contribution >= 0.6 is 0 Å². The minimum atomic E-state index is -0.912. The van der Waals surface area contributed by atoms with Gasteiger partial charge in [0.25, 0.3) is 0 Å². The highest BCUT2D eigenvalue weighted by Gasteiger charge is 2.23. The Labute approximate surface area is 140 Å². The minimum absolute atomic E-state index is 0.202. The summed E-state index contributed by atoms with van der Waals surface area (Å²) < 4.78 is 7.72. The molecule has 1 fully saturated rings. The first-order valence-corrected chi connectivity index (χ1v) is 8.32. The standard InChI is InChI=1S/C18H21N3O3/c1-12-4-6-20(9-12)11-17-19-15-3-2-13(18(22)23)8-16(15)21(17)10-14-5-7-24-14/h2-4,8,14H,5-7,9-11H2,1H3,(H,22,23). The van der Waals surface area contributed by atoms with Crippen LogP contribution < -0.4 is 0 Å². The number of nitrogens with zero attached hydrogens (tertiary/aromatic N) is 3. The van der Waals surface area contributed by atoms with Gasteiger partial charge < -0.3 is 14.4 Å². The van der Waals surface area contributed by atoms with Crippen molar-refractivity contribution in [3.8, 4) is 0 Å². The van der Waals surface area contributed by atoms with Crippen LogP contribution in [0.15, 0.2) is 29.8 Å². The summed E-state index contributed by atoms with van der Waals surface area (Å²) in [5.74, 6) is 0.0663. The molecule has 6 heteroatoms. The molecule has 1 atom stereocenters. The van der Waals surface area contributed by atoms with E-state index >= 15 is 0 Å². The highest BCUT2D eigenvalue weighted by atomic mass is 16.5. The van der Waals surface area contributed by atoms with Gasteiger partial charge in [0.1, 0.15) is 5.82 Å². The topological polar surface area (TPSA) is 67.6 Å². The molecule has 4 rings (SSSR count). The van der Waals surface area contributed by atoms with Crippen LogP contribution in [0.1, 0.15) is 29.5 Å². The van der Waals surface area contributed by atoms with Gasteiger partial charge in [0.05, 0.1) is 35.8 Å². The molecule has 24 heavy (non-hydrogen) atoms. The average molecular weight is 327 g/mol. The predicted octanol–water partition coefficient (Wildman–Crippen LogP) is 2.29. The predicted molar refractivity (Wildman–Crippen MR) is 90.1 cm³/mol. The number of ether oxygens (including phenoxy) is 1. The highest BCUT2D eigenvalue weighted by molar-refractivity contribution is 5.92. The van der Waals surface area contributed by atoms with Crippen LogP contribution in [-0.2, 0) is 17.8 Å². The third-order valence-electron chi connectivity index (χ3n) is 4.79. The van der Waals surface area contributed by atoms with Crippen LogP contribution in [-0.4, -0.2) is 51.3 Å². The van der Waals surface area contributed by atoms with E-state index in [4.69, 9.17) is 9.72 Å². The van der Waals surface area contributed by atoms with Crippen molar-refractivity contribution in [3.63, 3.8) is 0 Å². The summed E-state index contributed by atoms with van der Waals surface area (Å²) in [5, 5.41) is 9.27. The Kier molecular flexibility index (Phi) is 3.86. The third kappa shape index (κ3) is 2.83. The van der Waals surface area contributed by atoms with Crippen molar-refractivity contribution in [2.75, 3.05) is 19.7 Å². The van der Waals surface area contributed by atoms with Gasteiger partial charge in [-0.3, -0.25) is 4.90 Å². The molecule has 3 heterocycles. The number of carbonyl (C=O) groups is 1. The number of hydrogen-bond donors (Lipinski definition) is 1. The number of benzene rings is 1. The summed E-state index contributed by atoms with van der Waals surface area (Å²) in [6.45, 7) is 6.35. The zero-order chi connectivity index (χ0) is 16.7. The minimum Gasteiger partial charge on any atom is -0.478 e. The molecule has 1 N–H and O–H groups in total. The van der Waals surface area contributed by atoms with E-state index < -0.39 is 5.97 Å². The lowest BCUT2D eigenvalue weighted by atomic mass is 10.1. The molecular weight excluding hydrogens is 306 g/mol. The second kappa shape index (κ2) is 6.03. The average Bonchev–Trinajstić information content (AvgIpc) is 3.06. The van der Waals surface area contributed by atoms with Crippen molar-refractivity contribution >= 4 is 17.0 Å². The number of hydrogen-bond acceptors (Lipinski definition) is 4. The second-order valence-corrected chi connectivity index (χ2v) is 6.65. The number of imidazole rings is 1. The van der Waals surface area contributed by atoms with Gasteiger partial charge in [-0.2, -0.15) is 0 Å². The highest BCUT2D eigenvalue weighted by Crippen LogP contribution is 2.24. The van der Waals surface area contributed by atoms with E-state index in [0.717, 1.165) is 56.1 Å². The fourth-order valence-electron chi connectivity index (χ4n) is 3.35. The SMILES string of the molecule is CC1=CCN(Cc2nc3ccc(C(=O)O)cc3n2CC2CCO2)C1. The molecule has 1 aromatic heterocycles. The van der Waals surface area contributed by atoms with Gasteiger partial charge >= 0.3 is 5.97 Å². The Morgan fingerprint density at radius 1 is 1.46 bits per heavy atom. The molecule has 0 saturated carbocycles. The molecule has 2 aromatic rings. The summed E-state index contributed by atoms with van der Waals surface area (Å²) in [6.07, 6.45) is 3.49. The lowest BCUT2D eigenvalue weighted by molar-refractivity contribution is -0.0591. The molecule has 6 nitrogen and oxygen atoms in total. The number of carboxylic acids is 1. The van der Waals surface area contributed by atoms with Gasteiger partial charge in [0, 0.05) is 19.7 Å². The lowest BCUT2D eigenvalue weighted by Crippen LogP contribution is -2.32. The maximum atomic E-state index is 11.3. The monoisotopic (exact) mass is 327 g/mol. The smallest absolute Gasteiger partial charge is 0.335 e. The van der Waals surface area contributed by atoms with Crippen molar-refractivity contribution in [1.29, 1.82) is 0 Å². The molecule has 0 aliphatic carbocycles. The number of aromatic carboxylic acids is 1. The third-order valence-corrected chi connectivity index (χ3v) is 4.79. The fraction of sp³-hybridized carbons (Fsp3) is 0.444. The molecule has 1 saturated heterocycles. The Hall–Kier alpha value is -2.18. The normalized spacial score (nSPS) is 21.0. The largest absolute Gasteiger partial charge is 0.478 e. The van der Waals surface area contributed by atoms with Gasteiger partial charge in [-0.05, 0) is 31.5 Å². The molecular formula is C18H21N3O3. The van der Waals surface area contributed by atoms with Gasteiger partial charge in [-0.25, -0.2) is 9.78 Å². The summed E-state index contributed by atoms with van der Waals surface area (Å²) in [7, 11) is 0. The zero-order valence-electron chi connectivity index (χ0n) is 13.7. The van der Waals surface area contributed by atoms with Crippen LogP contribution in [0.4, 0.5) is 0 Å². The van der Waals surface area contributed by atoms with Crippen molar-refractivity contribution in [2.45, 2.75) is 32.5 Å². The van der Waals surface area contributed by atoms with Gasteiger partial charge in [-0.1, -0.05) is 11.6 Å². The van der Waals surface area contributed by atoms with E-state index in [1.165, 1.54) is 5.57 Å². The Bertz CT molecular complexity index is 820. The summed E-state index contributed by atoms with van der Waals surface area (Å²) in [4.78, 5) is 18.4. The summed E-state index contributed by atoms with van der Waals surface area (Å²) in [5.41, 5.74) is 3.40. The van der Waals surface area contributed by atoms with Crippen LogP contribution in [0.2, 0.25) is 0 Å². The van der Waals surface area contributed by atoms with E-state index in [-0.39, 0.29) is 6.10 Å². The van der Waals surface area contributed by atoms with Crippen LogP contribution in [0.5, 0.6) is 0 Å². The maximum absolute atomic E-state index is 11.3. The second-order valence-electron chi connectivity index (χ2n) is 6.65. The quantitative estimate of drug-likeness (QED) is 0.854.